The summed E-state index contributed by atoms with van der Waals surface area (Å²) in [5.74, 6) is 0. The molecule has 0 fully saturated rings. The number of benzene rings is 7. The van der Waals surface area contributed by atoms with Gasteiger partial charge in [0.05, 0.1) is 5.69 Å². The van der Waals surface area contributed by atoms with Crippen LogP contribution < -0.4 is 20.8 Å². The fraction of sp³-hybridized carbons (Fsp3) is 0.254. The van der Waals surface area contributed by atoms with Gasteiger partial charge in [-0.1, -0.05) is 149 Å². The molecule has 0 bridgehead atoms. The Morgan fingerprint density at radius 1 is 0.531 bits per heavy atom. The predicted octanol–water partition coefficient (Wildman–Crippen LogP) is 15.7. The molecule has 0 amide bonds. The molecule has 0 N–H and O–H groups in total. The molecular formula is C59H55BN2OS. The summed E-state index contributed by atoms with van der Waals surface area (Å²) < 4.78 is 10.1. The number of thiophene rings is 1. The molecule has 2 aliphatic heterocycles. The zero-order chi connectivity index (χ0) is 44.4. The highest BCUT2D eigenvalue weighted by molar-refractivity contribution is 7.25. The molecule has 3 aliphatic rings. The first kappa shape index (κ1) is 39.5. The lowest BCUT2D eigenvalue weighted by atomic mass is 9.45. The zero-order valence-electron chi connectivity index (χ0n) is 39.0. The highest BCUT2D eigenvalue weighted by atomic mass is 32.1. The van der Waals surface area contributed by atoms with Gasteiger partial charge in [-0.05, 0) is 127 Å². The van der Waals surface area contributed by atoms with Crippen LogP contribution in [0.5, 0.6) is 0 Å². The van der Waals surface area contributed by atoms with Crippen LogP contribution >= 0.6 is 11.3 Å². The maximum Gasteiger partial charge on any atom is 0.375 e. The molecule has 7 aromatic carbocycles. The first-order valence-corrected chi connectivity index (χ1v) is 23.9. The lowest BCUT2D eigenvalue weighted by Gasteiger charge is -2.45. The molecule has 64 heavy (non-hydrogen) atoms. The first-order chi connectivity index (χ1) is 30.4. The second kappa shape index (κ2) is 13.0. The summed E-state index contributed by atoms with van der Waals surface area (Å²) >= 11 is 1.90. The molecule has 4 heterocycles. The minimum Gasteiger partial charge on any atom is -0.466 e. The van der Waals surface area contributed by atoms with E-state index in [1.807, 2.05) is 11.3 Å². The van der Waals surface area contributed by atoms with Crippen LogP contribution in [0.2, 0.25) is 0 Å². The van der Waals surface area contributed by atoms with E-state index in [4.69, 9.17) is 4.42 Å². The molecule has 12 rings (SSSR count). The maximum atomic E-state index is 7.47. The van der Waals surface area contributed by atoms with Crippen molar-refractivity contribution in [2.45, 2.75) is 97.8 Å². The minimum absolute atomic E-state index is 0.0204. The third-order valence-corrected chi connectivity index (χ3v) is 15.8. The summed E-state index contributed by atoms with van der Waals surface area (Å²) in [5.41, 5.74) is 20.7. The van der Waals surface area contributed by atoms with Crippen LogP contribution in [-0.4, -0.2) is 6.85 Å². The Bertz CT molecular complexity index is 3420. The number of nitrogens with zero attached hydrogens (tertiary/aromatic N) is 2. The van der Waals surface area contributed by atoms with Crippen molar-refractivity contribution in [1.82, 2.24) is 0 Å². The van der Waals surface area contributed by atoms with E-state index in [2.05, 4.69) is 219 Å². The number of fused-ring (bicyclic) bond motifs is 13. The Morgan fingerprint density at radius 3 is 1.84 bits per heavy atom. The normalized spacial score (nSPS) is 15.1. The van der Waals surface area contributed by atoms with Gasteiger partial charge < -0.3 is 14.1 Å². The molecule has 0 radical (unpaired) electrons. The number of furan rings is 1. The van der Waals surface area contributed by atoms with Gasteiger partial charge in [-0.3, -0.25) is 0 Å². The second-order valence-corrected chi connectivity index (χ2v) is 23.3. The van der Waals surface area contributed by atoms with Crippen LogP contribution in [0.1, 0.15) is 104 Å². The Morgan fingerprint density at radius 2 is 1.16 bits per heavy atom. The number of hydrogen-bond acceptors (Lipinski definition) is 4. The van der Waals surface area contributed by atoms with Crippen LogP contribution in [0.15, 0.2) is 138 Å². The minimum atomic E-state index is -0.255. The van der Waals surface area contributed by atoms with Crippen molar-refractivity contribution in [3.8, 4) is 22.3 Å². The molecule has 0 atom stereocenters. The lowest BCUT2D eigenvalue weighted by Crippen LogP contribution is -2.61. The third-order valence-electron chi connectivity index (χ3n) is 14.7. The summed E-state index contributed by atoms with van der Waals surface area (Å²) in [7, 11) is 0. The van der Waals surface area contributed by atoms with E-state index in [1.54, 1.807) is 0 Å². The highest BCUT2D eigenvalue weighted by Crippen LogP contribution is 2.59. The molecule has 0 spiro atoms. The Labute approximate surface area is 382 Å². The summed E-state index contributed by atoms with van der Waals surface area (Å²) in [6.07, 6.45) is 0. The number of rotatable bonds is 2. The zero-order valence-corrected chi connectivity index (χ0v) is 39.8. The van der Waals surface area contributed by atoms with Crippen molar-refractivity contribution < 1.29 is 4.42 Å². The summed E-state index contributed by atoms with van der Waals surface area (Å²) in [5, 5.41) is 3.77. The van der Waals surface area contributed by atoms with E-state index in [0.29, 0.717) is 0 Å². The summed E-state index contributed by atoms with van der Waals surface area (Å²) in [6, 6.07) is 51.3. The number of anilines is 5. The Hall–Kier alpha value is -6.04. The van der Waals surface area contributed by atoms with Crippen LogP contribution in [0.4, 0.5) is 28.4 Å². The fourth-order valence-corrected chi connectivity index (χ4v) is 12.4. The van der Waals surface area contributed by atoms with Crippen LogP contribution in [-0.2, 0) is 21.7 Å². The van der Waals surface area contributed by atoms with E-state index in [1.165, 1.54) is 87.1 Å². The topological polar surface area (TPSA) is 19.6 Å². The quantitative estimate of drug-likeness (QED) is 0.162. The van der Waals surface area contributed by atoms with Gasteiger partial charge in [0, 0.05) is 59.3 Å². The van der Waals surface area contributed by atoms with Gasteiger partial charge in [-0.15, -0.1) is 11.3 Å². The van der Waals surface area contributed by atoms with Crippen LogP contribution in [0.25, 0.3) is 53.4 Å². The van der Waals surface area contributed by atoms with Crippen molar-refractivity contribution in [1.29, 1.82) is 0 Å². The third kappa shape index (κ3) is 5.52. The molecule has 0 saturated carbocycles. The molecule has 9 aromatic rings. The van der Waals surface area contributed by atoms with E-state index >= 15 is 0 Å². The standard InChI is InChI=1S/C59H55BN2OS/c1-56(2,3)34-20-25-37(26-21-34)61-47-32-42-39-16-12-14-18-45(39)59(10,11)52(42)51-43-31-41-40-17-13-15-19-49(40)64-50(41)33-46(43)62(38-27-22-35(23-28-38)57(4,5)6)60(53(47)51)55-54(61)44-30-36(58(7,8)9)24-29-48(44)63-55/h12-33H,1-11H3. The fourth-order valence-electron chi connectivity index (χ4n) is 11.3. The van der Waals surface area contributed by atoms with Crippen molar-refractivity contribution in [3.05, 3.63) is 161 Å². The largest absolute Gasteiger partial charge is 0.466 e. The van der Waals surface area contributed by atoms with Crippen molar-refractivity contribution in [2.24, 2.45) is 0 Å². The van der Waals surface area contributed by atoms with Crippen molar-refractivity contribution >= 4 is 88.9 Å². The van der Waals surface area contributed by atoms with Gasteiger partial charge in [0.1, 0.15) is 11.2 Å². The van der Waals surface area contributed by atoms with Crippen molar-refractivity contribution in [2.75, 3.05) is 9.71 Å². The van der Waals surface area contributed by atoms with Gasteiger partial charge in [0.25, 0.3) is 0 Å². The van der Waals surface area contributed by atoms with Gasteiger partial charge in [-0.2, -0.15) is 0 Å². The lowest BCUT2D eigenvalue weighted by molar-refractivity contribution is 0.590. The summed E-state index contributed by atoms with van der Waals surface area (Å²) in [4.78, 5) is 5.19. The molecule has 0 saturated heterocycles. The van der Waals surface area contributed by atoms with E-state index < -0.39 is 0 Å². The second-order valence-electron chi connectivity index (χ2n) is 22.2. The molecule has 0 unspecified atom stereocenters. The molecular weight excluding hydrogens is 796 g/mol. The Balaban J connectivity index is 1.27. The monoisotopic (exact) mass is 850 g/mol. The van der Waals surface area contributed by atoms with E-state index in [-0.39, 0.29) is 28.5 Å². The van der Waals surface area contributed by atoms with Crippen LogP contribution in [0, 0.1) is 0 Å². The smallest absolute Gasteiger partial charge is 0.375 e. The van der Waals surface area contributed by atoms with Gasteiger partial charge in [0.2, 0.25) is 0 Å². The Kier molecular flexibility index (Phi) is 8.06. The van der Waals surface area contributed by atoms with E-state index in [0.717, 1.165) is 33.7 Å². The molecule has 316 valence electrons. The van der Waals surface area contributed by atoms with Gasteiger partial charge in [-0.25, -0.2) is 0 Å². The molecule has 1 aliphatic carbocycles. The molecule has 2 aromatic heterocycles. The molecule has 3 nitrogen and oxygen atoms in total. The first-order valence-electron chi connectivity index (χ1n) is 23.0. The summed E-state index contributed by atoms with van der Waals surface area (Å²) in [6.45, 7) is 25.4. The van der Waals surface area contributed by atoms with Crippen LogP contribution in [0.3, 0.4) is 0 Å². The average molecular weight is 851 g/mol. The van der Waals surface area contributed by atoms with Gasteiger partial charge >= 0.3 is 6.85 Å². The highest BCUT2D eigenvalue weighted by Gasteiger charge is 2.52. The van der Waals surface area contributed by atoms with Gasteiger partial charge in [0.15, 0.2) is 0 Å². The maximum absolute atomic E-state index is 7.47. The average Bonchev–Trinajstić information content (AvgIpc) is 3.89. The number of hydrogen-bond donors (Lipinski definition) is 0. The van der Waals surface area contributed by atoms with E-state index in [9.17, 15) is 0 Å². The molecule has 5 heteroatoms. The van der Waals surface area contributed by atoms with Crippen molar-refractivity contribution in [3.63, 3.8) is 0 Å². The predicted molar refractivity (Wildman–Crippen MR) is 276 cm³/mol. The SMILES string of the molecule is CC(C)(C)c1ccc(N2B3c4oc5ccc(C(C)(C)C)cc5c4N(c4ccc(C(C)(C)C)cc4)c4cc5c(c(c43)-c3cc4c(cc32)sc2ccccc24)C(C)(C)c2ccccc2-5)cc1.